The fourth-order valence-electron chi connectivity index (χ4n) is 2.16. The van der Waals surface area contributed by atoms with Crippen LogP contribution in [-0.4, -0.2) is 9.97 Å². The van der Waals surface area contributed by atoms with Gasteiger partial charge in [-0.3, -0.25) is 9.97 Å². The van der Waals surface area contributed by atoms with Crippen molar-refractivity contribution in [2.24, 2.45) is 0 Å². The molecule has 2 heterocycles. The molecule has 21 heavy (non-hydrogen) atoms. The largest absolute Gasteiger partial charge is 0.370 e. The average molecular weight is 296 g/mol. The summed E-state index contributed by atoms with van der Waals surface area (Å²) in [7, 11) is 0. The van der Waals surface area contributed by atoms with Crippen molar-refractivity contribution in [3.8, 4) is 0 Å². The van der Waals surface area contributed by atoms with Gasteiger partial charge in [-0.25, -0.2) is 0 Å². The normalized spacial score (nSPS) is 11.9. The van der Waals surface area contributed by atoms with Crippen LogP contribution in [0.4, 0.5) is 5.69 Å². The van der Waals surface area contributed by atoms with E-state index in [1.165, 1.54) is 0 Å². The predicted molar refractivity (Wildman–Crippen MR) is 85.4 cm³/mol. The van der Waals surface area contributed by atoms with E-state index in [4.69, 9.17) is 11.6 Å². The first kappa shape index (κ1) is 13.6. The molecular weight excluding hydrogens is 282 g/mol. The minimum atomic E-state index is -0.0749. The highest BCUT2D eigenvalue weighted by Gasteiger charge is 2.16. The first-order chi connectivity index (χ1) is 10.3. The third kappa shape index (κ3) is 3.20. The monoisotopic (exact) mass is 295 g/mol. The lowest BCUT2D eigenvalue weighted by atomic mass is 10.0. The number of hydrogen-bond donors (Lipinski definition) is 1. The Labute approximate surface area is 128 Å². The molecule has 0 aliphatic rings. The molecule has 0 aliphatic carbocycles. The number of pyridine rings is 2. The molecule has 1 unspecified atom stereocenters. The first-order valence-corrected chi connectivity index (χ1v) is 7.04. The van der Waals surface area contributed by atoms with E-state index in [0.717, 1.165) is 16.9 Å². The Bertz CT molecular complexity index is 662. The summed E-state index contributed by atoms with van der Waals surface area (Å²) in [6.45, 7) is 0. The zero-order chi connectivity index (χ0) is 14.5. The Morgan fingerprint density at radius 3 is 2.43 bits per heavy atom. The van der Waals surface area contributed by atoms with Crippen LogP contribution < -0.4 is 5.32 Å². The van der Waals surface area contributed by atoms with Crippen LogP contribution in [0.15, 0.2) is 73.2 Å². The third-order valence-electron chi connectivity index (χ3n) is 3.18. The molecule has 0 aliphatic heterocycles. The first-order valence-electron chi connectivity index (χ1n) is 6.66. The summed E-state index contributed by atoms with van der Waals surface area (Å²) in [4.78, 5) is 8.57. The summed E-state index contributed by atoms with van der Waals surface area (Å²) in [6.07, 6.45) is 5.19. The van der Waals surface area contributed by atoms with Gasteiger partial charge < -0.3 is 5.32 Å². The van der Waals surface area contributed by atoms with Crippen molar-refractivity contribution in [1.82, 2.24) is 9.97 Å². The van der Waals surface area contributed by atoms with Gasteiger partial charge >= 0.3 is 0 Å². The van der Waals surface area contributed by atoms with Crippen molar-refractivity contribution >= 4 is 17.3 Å². The van der Waals surface area contributed by atoms with Crippen LogP contribution in [0.5, 0.6) is 0 Å². The lowest BCUT2D eigenvalue weighted by Crippen LogP contribution is -2.14. The summed E-state index contributed by atoms with van der Waals surface area (Å²) < 4.78 is 0. The van der Waals surface area contributed by atoms with Crippen molar-refractivity contribution in [2.45, 2.75) is 6.04 Å². The topological polar surface area (TPSA) is 37.8 Å². The lowest BCUT2D eigenvalue weighted by Gasteiger charge is -2.20. The van der Waals surface area contributed by atoms with Crippen LogP contribution in [0.25, 0.3) is 0 Å². The minimum absolute atomic E-state index is 0.0749. The SMILES string of the molecule is Clc1ccncc1NC(c1ccccc1)c1ccccn1. The van der Waals surface area contributed by atoms with Crippen LogP contribution in [-0.2, 0) is 0 Å². The van der Waals surface area contributed by atoms with Crippen molar-refractivity contribution < 1.29 is 0 Å². The summed E-state index contributed by atoms with van der Waals surface area (Å²) in [5.41, 5.74) is 2.85. The number of nitrogens with zero attached hydrogens (tertiary/aromatic N) is 2. The molecule has 3 aromatic rings. The Balaban J connectivity index is 1.99. The zero-order valence-corrected chi connectivity index (χ0v) is 12.0. The van der Waals surface area contributed by atoms with Gasteiger partial charge in [0.15, 0.2) is 0 Å². The summed E-state index contributed by atoms with van der Waals surface area (Å²) in [5, 5.41) is 4.06. The molecule has 1 aromatic carbocycles. The second-order valence-corrected chi connectivity index (χ2v) is 5.01. The fourth-order valence-corrected chi connectivity index (χ4v) is 2.32. The highest BCUT2D eigenvalue weighted by Crippen LogP contribution is 2.28. The number of halogens is 1. The number of anilines is 1. The van der Waals surface area contributed by atoms with E-state index in [1.807, 2.05) is 36.4 Å². The van der Waals surface area contributed by atoms with Crippen LogP contribution in [0.3, 0.4) is 0 Å². The second kappa shape index (κ2) is 6.37. The molecule has 0 spiro atoms. The van der Waals surface area contributed by atoms with Gasteiger partial charge in [0.1, 0.15) is 0 Å². The van der Waals surface area contributed by atoms with Gasteiger partial charge in [0.25, 0.3) is 0 Å². The average Bonchev–Trinajstić information content (AvgIpc) is 2.56. The van der Waals surface area contributed by atoms with E-state index >= 15 is 0 Å². The smallest absolute Gasteiger partial charge is 0.0940 e. The van der Waals surface area contributed by atoms with Crippen LogP contribution >= 0.6 is 11.6 Å². The summed E-state index contributed by atoms with van der Waals surface area (Å²) in [5.74, 6) is 0. The molecule has 0 bridgehead atoms. The molecule has 4 heteroatoms. The molecule has 3 nitrogen and oxygen atoms in total. The standard InChI is InChI=1S/C17H14ClN3/c18-14-9-11-19-12-16(14)21-17(13-6-2-1-3-7-13)15-8-4-5-10-20-15/h1-12,17,21H. The van der Waals surface area contributed by atoms with Crippen LogP contribution in [0, 0.1) is 0 Å². The Hall–Kier alpha value is -2.39. The predicted octanol–water partition coefficient (Wildman–Crippen LogP) is 4.33. The van der Waals surface area contributed by atoms with Crippen molar-refractivity contribution in [2.75, 3.05) is 5.32 Å². The van der Waals surface area contributed by atoms with E-state index < -0.39 is 0 Å². The number of nitrogens with one attached hydrogen (secondary N) is 1. The van der Waals surface area contributed by atoms with Crippen molar-refractivity contribution in [3.63, 3.8) is 0 Å². The molecule has 0 radical (unpaired) electrons. The van der Waals surface area contributed by atoms with E-state index in [2.05, 4.69) is 27.4 Å². The molecule has 0 fully saturated rings. The maximum Gasteiger partial charge on any atom is 0.0940 e. The maximum absolute atomic E-state index is 6.22. The number of hydrogen-bond acceptors (Lipinski definition) is 3. The minimum Gasteiger partial charge on any atom is -0.370 e. The van der Waals surface area contributed by atoms with Gasteiger partial charge in [-0.2, -0.15) is 0 Å². The van der Waals surface area contributed by atoms with Gasteiger partial charge in [0, 0.05) is 12.4 Å². The number of benzene rings is 1. The van der Waals surface area contributed by atoms with E-state index in [-0.39, 0.29) is 6.04 Å². The molecule has 2 aromatic heterocycles. The number of aromatic nitrogens is 2. The van der Waals surface area contributed by atoms with Crippen LogP contribution in [0.2, 0.25) is 5.02 Å². The third-order valence-corrected chi connectivity index (χ3v) is 3.51. The molecule has 1 N–H and O–H groups in total. The van der Waals surface area contributed by atoms with Gasteiger partial charge in [0.2, 0.25) is 0 Å². The van der Waals surface area contributed by atoms with E-state index in [9.17, 15) is 0 Å². The molecular formula is C17H14ClN3. The summed E-state index contributed by atoms with van der Waals surface area (Å²) in [6, 6.07) is 17.7. The summed E-state index contributed by atoms with van der Waals surface area (Å²) >= 11 is 6.22. The molecule has 3 rings (SSSR count). The highest BCUT2D eigenvalue weighted by atomic mass is 35.5. The molecule has 0 amide bonds. The zero-order valence-electron chi connectivity index (χ0n) is 11.3. The fraction of sp³-hybridized carbons (Fsp3) is 0.0588. The lowest BCUT2D eigenvalue weighted by molar-refractivity contribution is 0.885. The van der Waals surface area contributed by atoms with Gasteiger partial charge in [0.05, 0.1) is 28.6 Å². The van der Waals surface area contributed by atoms with Crippen molar-refractivity contribution in [3.05, 3.63) is 89.5 Å². The Morgan fingerprint density at radius 1 is 0.905 bits per heavy atom. The van der Waals surface area contributed by atoms with E-state index in [1.54, 1.807) is 24.7 Å². The number of rotatable bonds is 4. The molecule has 104 valence electrons. The van der Waals surface area contributed by atoms with Crippen molar-refractivity contribution in [1.29, 1.82) is 0 Å². The van der Waals surface area contributed by atoms with Gasteiger partial charge in [-0.05, 0) is 23.8 Å². The highest BCUT2D eigenvalue weighted by molar-refractivity contribution is 6.33. The molecule has 1 atom stereocenters. The molecule has 0 saturated carbocycles. The van der Waals surface area contributed by atoms with E-state index in [0.29, 0.717) is 5.02 Å². The Morgan fingerprint density at radius 2 is 1.71 bits per heavy atom. The quantitative estimate of drug-likeness (QED) is 0.778. The van der Waals surface area contributed by atoms with Gasteiger partial charge in [-0.15, -0.1) is 0 Å². The Kier molecular flexibility index (Phi) is 4.12. The van der Waals surface area contributed by atoms with Crippen LogP contribution in [0.1, 0.15) is 17.3 Å². The van der Waals surface area contributed by atoms with Gasteiger partial charge in [-0.1, -0.05) is 48.0 Å². The molecule has 0 saturated heterocycles. The second-order valence-electron chi connectivity index (χ2n) is 4.60. The maximum atomic E-state index is 6.22.